The number of rotatable bonds is 37. The van der Waals surface area contributed by atoms with Gasteiger partial charge < -0.3 is 27.9 Å². The van der Waals surface area contributed by atoms with Gasteiger partial charge in [0, 0.05) is 12.8 Å². The van der Waals surface area contributed by atoms with E-state index in [-0.39, 0.29) is 26.1 Å². The summed E-state index contributed by atoms with van der Waals surface area (Å²) in [5.74, 6) is -0.907. The number of quaternary nitrogens is 1. The molecule has 0 aromatic heterocycles. The first-order chi connectivity index (χ1) is 27.5. The summed E-state index contributed by atoms with van der Waals surface area (Å²) in [5.41, 5.74) is 0. The van der Waals surface area contributed by atoms with Gasteiger partial charge in [-0.25, -0.2) is 0 Å². The second kappa shape index (κ2) is 38.4. The SMILES string of the molecule is CC/C=C\C/C=C\C/C=C\C/C=C\C/C=C\C/C=C\C/C=C\C/C=C\CCCCC(=O)OC(COC(=O)CCCCCCCC)COP(=O)([O-])OCC[N+](C)(C)C. The van der Waals surface area contributed by atoms with Crippen LogP contribution in [-0.4, -0.2) is 70.0 Å². The van der Waals surface area contributed by atoms with Crippen LogP contribution < -0.4 is 4.89 Å². The summed E-state index contributed by atoms with van der Waals surface area (Å²) in [6, 6.07) is 0. The molecule has 0 N–H and O–H groups in total. The second-order valence-electron chi connectivity index (χ2n) is 15.0. The second-order valence-corrected chi connectivity index (χ2v) is 16.4. The summed E-state index contributed by atoms with van der Waals surface area (Å²) in [6.45, 7) is 3.95. The summed E-state index contributed by atoms with van der Waals surface area (Å²) >= 11 is 0. The number of carbonyl (C=O) groups excluding carboxylic acids is 2. The van der Waals surface area contributed by atoms with Crippen molar-refractivity contribution in [2.45, 2.75) is 142 Å². The third-order valence-electron chi connectivity index (χ3n) is 8.37. The quantitative estimate of drug-likeness (QED) is 0.0200. The van der Waals surface area contributed by atoms with Gasteiger partial charge in [-0.15, -0.1) is 0 Å². The molecule has 2 unspecified atom stereocenters. The van der Waals surface area contributed by atoms with Crippen molar-refractivity contribution < 1.29 is 42.1 Å². The van der Waals surface area contributed by atoms with Gasteiger partial charge >= 0.3 is 11.9 Å². The lowest BCUT2D eigenvalue weighted by atomic mass is 10.1. The minimum absolute atomic E-state index is 0.0446. The first-order valence-corrected chi connectivity index (χ1v) is 22.9. The number of unbranched alkanes of at least 4 members (excludes halogenated alkanes) is 7. The van der Waals surface area contributed by atoms with E-state index in [9.17, 15) is 19.0 Å². The van der Waals surface area contributed by atoms with Crippen molar-refractivity contribution in [1.29, 1.82) is 0 Å². The van der Waals surface area contributed by atoms with Crippen molar-refractivity contribution in [3.8, 4) is 0 Å². The molecule has 0 aliphatic rings. The van der Waals surface area contributed by atoms with Crippen molar-refractivity contribution in [2.75, 3.05) is 47.5 Å². The number of hydrogen-bond donors (Lipinski definition) is 0. The van der Waals surface area contributed by atoms with Crippen molar-refractivity contribution >= 4 is 19.8 Å². The Morgan fingerprint density at radius 2 is 1.00 bits per heavy atom. The normalized spacial score (nSPS) is 14.6. The van der Waals surface area contributed by atoms with Crippen molar-refractivity contribution in [3.63, 3.8) is 0 Å². The molecule has 10 heteroatoms. The lowest BCUT2D eigenvalue weighted by Gasteiger charge is -2.28. The van der Waals surface area contributed by atoms with E-state index in [4.69, 9.17) is 18.5 Å². The zero-order valence-electron chi connectivity index (χ0n) is 36.2. The Labute approximate surface area is 347 Å². The molecule has 324 valence electrons. The molecule has 0 rings (SSSR count). The Kier molecular flexibility index (Phi) is 36.4. The highest BCUT2D eigenvalue weighted by Crippen LogP contribution is 2.38. The minimum Gasteiger partial charge on any atom is -0.756 e. The average molecular weight is 816 g/mol. The van der Waals surface area contributed by atoms with E-state index in [0.717, 1.165) is 89.9 Å². The van der Waals surface area contributed by atoms with E-state index < -0.39 is 32.5 Å². The van der Waals surface area contributed by atoms with Gasteiger partial charge in [0.2, 0.25) is 0 Å². The Hall–Kier alpha value is -3.07. The molecule has 0 radical (unpaired) electrons. The Morgan fingerprint density at radius 1 is 0.561 bits per heavy atom. The Morgan fingerprint density at radius 3 is 1.49 bits per heavy atom. The molecule has 0 aromatic carbocycles. The number of ether oxygens (including phenoxy) is 2. The topological polar surface area (TPSA) is 111 Å². The molecular weight excluding hydrogens is 737 g/mol. The van der Waals surface area contributed by atoms with Gasteiger partial charge in [-0.2, -0.15) is 0 Å². The maximum absolute atomic E-state index is 12.6. The molecule has 0 aromatic rings. The predicted molar refractivity (Wildman–Crippen MR) is 235 cm³/mol. The molecule has 57 heavy (non-hydrogen) atoms. The van der Waals surface area contributed by atoms with Crippen molar-refractivity contribution in [1.82, 2.24) is 0 Å². The molecule has 0 saturated heterocycles. The molecule has 0 aliphatic heterocycles. The molecule has 0 saturated carbocycles. The monoisotopic (exact) mass is 816 g/mol. The molecule has 0 aliphatic carbocycles. The average Bonchev–Trinajstić information content (AvgIpc) is 3.16. The van der Waals surface area contributed by atoms with Crippen LogP contribution in [0.25, 0.3) is 0 Å². The van der Waals surface area contributed by atoms with Crippen LogP contribution in [-0.2, 0) is 32.7 Å². The highest BCUT2D eigenvalue weighted by atomic mass is 31.2. The minimum atomic E-state index is -4.63. The molecule has 2 atom stereocenters. The number of nitrogens with zero attached hydrogens (tertiary/aromatic N) is 1. The lowest BCUT2D eigenvalue weighted by Crippen LogP contribution is -2.37. The fourth-order valence-corrected chi connectivity index (χ4v) is 5.75. The van der Waals surface area contributed by atoms with Crippen LogP contribution in [0.4, 0.5) is 0 Å². The van der Waals surface area contributed by atoms with Crippen LogP contribution in [0.15, 0.2) is 97.2 Å². The lowest BCUT2D eigenvalue weighted by molar-refractivity contribution is -0.870. The van der Waals surface area contributed by atoms with Gasteiger partial charge in [0.05, 0.1) is 27.7 Å². The Bertz CT molecular complexity index is 1290. The van der Waals surface area contributed by atoms with Crippen LogP contribution in [0.1, 0.15) is 136 Å². The molecule has 0 amide bonds. The third kappa shape index (κ3) is 42.4. The van der Waals surface area contributed by atoms with Gasteiger partial charge in [0.1, 0.15) is 19.8 Å². The number of likely N-dealkylation sites (N-methyl/N-ethyl adjacent to an activating group) is 1. The standard InChI is InChI=1S/C47H78NO8P/c1-6-8-10-12-14-15-16-17-18-19-20-21-22-23-24-25-26-27-28-29-30-31-32-33-34-36-38-40-47(50)56-45(43-53-46(49)39-37-35-13-11-9-7-2)44-55-57(51,52)54-42-41-48(3,4)5/h8,10,14-15,17-18,20-21,23-24,26-27,29-30,32-33,45H,6-7,9,11-13,16,19,22,25,28,31,34-44H2,1-5H3/b10-8-,15-14-,18-17-,21-20-,24-23-,27-26-,30-29-,33-32-. The van der Waals surface area contributed by atoms with E-state index in [1.807, 2.05) is 21.1 Å². The largest absolute Gasteiger partial charge is 0.756 e. The van der Waals surface area contributed by atoms with E-state index in [2.05, 4.69) is 111 Å². The van der Waals surface area contributed by atoms with E-state index >= 15 is 0 Å². The molecular formula is C47H78NO8P. The number of phosphoric ester groups is 1. The zero-order chi connectivity index (χ0) is 42.1. The summed E-state index contributed by atoms with van der Waals surface area (Å²) in [6.07, 6.45) is 50.5. The Balaban J connectivity index is 4.32. The number of phosphoric acid groups is 1. The number of carbonyl (C=O) groups is 2. The molecule has 0 bridgehead atoms. The fraction of sp³-hybridized carbons (Fsp3) is 0.617. The first-order valence-electron chi connectivity index (χ1n) is 21.4. The number of hydrogen-bond acceptors (Lipinski definition) is 8. The number of allylic oxidation sites excluding steroid dienone is 16. The van der Waals surface area contributed by atoms with Crippen LogP contribution in [0.3, 0.4) is 0 Å². The number of esters is 2. The summed E-state index contributed by atoms with van der Waals surface area (Å²) in [7, 11) is 1.12. The van der Waals surface area contributed by atoms with Crippen LogP contribution in [0, 0.1) is 0 Å². The maximum Gasteiger partial charge on any atom is 0.306 e. The van der Waals surface area contributed by atoms with E-state index in [1.54, 1.807) is 0 Å². The van der Waals surface area contributed by atoms with Gasteiger partial charge in [-0.3, -0.25) is 14.2 Å². The summed E-state index contributed by atoms with van der Waals surface area (Å²) in [5, 5.41) is 0. The van der Waals surface area contributed by atoms with E-state index in [1.165, 1.54) is 6.42 Å². The van der Waals surface area contributed by atoms with Gasteiger partial charge in [0.15, 0.2) is 6.10 Å². The predicted octanol–water partition coefficient (Wildman–Crippen LogP) is 11.6. The highest BCUT2D eigenvalue weighted by molar-refractivity contribution is 7.45. The van der Waals surface area contributed by atoms with Crippen molar-refractivity contribution in [3.05, 3.63) is 97.2 Å². The van der Waals surface area contributed by atoms with Gasteiger partial charge in [-0.1, -0.05) is 143 Å². The third-order valence-corrected chi connectivity index (χ3v) is 9.33. The van der Waals surface area contributed by atoms with Crippen LogP contribution in [0.5, 0.6) is 0 Å². The van der Waals surface area contributed by atoms with Crippen LogP contribution >= 0.6 is 7.82 Å². The highest BCUT2D eigenvalue weighted by Gasteiger charge is 2.21. The van der Waals surface area contributed by atoms with Crippen LogP contribution in [0.2, 0.25) is 0 Å². The first kappa shape index (κ1) is 53.9. The van der Waals surface area contributed by atoms with Gasteiger partial charge in [-0.05, 0) is 77.0 Å². The maximum atomic E-state index is 12.6. The molecule has 0 heterocycles. The smallest absolute Gasteiger partial charge is 0.306 e. The van der Waals surface area contributed by atoms with Crippen molar-refractivity contribution in [2.24, 2.45) is 0 Å². The van der Waals surface area contributed by atoms with Gasteiger partial charge in [0.25, 0.3) is 7.82 Å². The summed E-state index contributed by atoms with van der Waals surface area (Å²) < 4.78 is 33.6. The molecule has 0 fully saturated rings. The summed E-state index contributed by atoms with van der Waals surface area (Å²) in [4.78, 5) is 37.2. The molecule has 0 spiro atoms. The van der Waals surface area contributed by atoms with E-state index in [0.29, 0.717) is 23.9 Å². The molecule has 9 nitrogen and oxygen atoms in total. The fourth-order valence-electron chi connectivity index (χ4n) is 5.02. The zero-order valence-corrected chi connectivity index (χ0v) is 37.1.